The van der Waals surface area contributed by atoms with E-state index in [1.165, 1.54) is 0 Å². The van der Waals surface area contributed by atoms with E-state index in [1.807, 2.05) is 52.1 Å². The molecule has 4 aromatic rings. The fourth-order valence-electron chi connectivity index (χ4n) is 2.78. The van der Waals surface area contributed by atoms with Crippen LogP contribution in [0.15, 0.2) is 83.7 Å². The van der Waals surface area contributed by atoms with Gasteiger partial charge in [0.25, 0.3) is 5.91 Å². The van der Waals surface area contributed by atoms with Gasteiger partial charge in [-0.3, -0.25) is 4.79 Å². The first-order chi connectivity index (χ1) is 14.8. The molecule has 0 radical (unpaired) electrons. The molecule has 0 fully saturated rings. The number of ether oxygens (including phenoxy) is 2. The van der Waals surface area contributed by atoms with Crippen LogP contribution < -0.4 is 9.47 Å². The first-order valence-corrected chi connectivity index (χ1v) is 11.2. The van der Waals surface area contributed by atoms with Crippen molar-refractivity contribution in [1.82, 2.24) is 9.88 Å². The summed E-state index contributed by atoms with van der Waals surface area (Å²) >= 11 is 3.30. The molecule has 4 rings (SSSR count). The highest BCUT2D eigenvalue weighted by molar-refractivity contribution is 7.10. The van der Waals surface area contributed by atoms with Gasteiger partial charge in [0.2, 0.25) is 5.88 Å². The Morgan fingerprint density at radius 3 is 2.07 bits per heavy atom. The fraction of sp³-hybridized carbons (Fsp3) is 0.130. The number of pyridine rings is 1. The average Bonchev–Trinajstić information content (AvgIpc) is 3.48. The summed E-state index contributed by atoms with van der Waals surface area (Å²) in [6.45, 7) is 1.14. The zero-order valence-corrected chi connectivity index (χ0v) is 17.8. The van der Waals surface area contributed by atoms with E-state index >= 15 is 0 Å². The highest BCUT2D eigenvalue weighted by Crippen LogP contribution is 2.23. The van der Waals surface area contributed by atoms with Crippen LogP contribution in [0.2, 0.25) is 0 Å². The Hall–Kier alpha value is -3.16. The molecule has 1 amide bonds. The standard InChI is InChI=1S/C23H20N2O3S2/c26-23(25(15-20-5-3-13-29-20)16-21-6-4-14-30-21)17-27-18-8-10-19(11-9-18)28-22-7-1-2-12-24-22/h1-14H,15-17H2. The van der Waals surface area contributed by atoms with E-state index in [2.05, 4.69) is 4.98 Å². The van der Waals surface area contributed by atoms with Gasteiger partial charge in [0.1, 0.15) is 11.5 Å². The summed E-state index contributed by atoms with van der Waals surface area (Å²) in [6, 6.07) is 20.7. The summed E-state index contributed by atoms with van der Waals surface area (Å²) in [5.41, 5.74) is 0. The lowest BCUT2D eigenvalue weighted by atomic mass is 10.3. The lowest BCUT2D eigenvalue weighted by molar-refractivity contribution is -0.134. The zero-order chi connectivity index (χ0) is 20.6. The number of nitrogens with zero attached hydrogens (tertiary/aromatic N) is 2. The maximum absolute atomic E-state index is 12.9. The van der Waals surface area contributed by atoms with Crippen LogP contribution in [0, 0.1) is 0 Å². The molecule has 0 saturated heterocycles. The number of rotatable bonds is 9. The minimum atomic E-state index is -0.0504. The predicted octanol–water partition coefficient (Wildman–Crippen LogP) is 5.60. The molecule has 0 bridgehead atoms. The van der Waals surface area contributed by atoms with Crippen LogP contribution in [0.5, 0.6) is 17.4 Å². The minimum absolute atomic E-state index is 0.0167. The van der Waals surface area contributed by atoms with Crippen LogP contribution in [-0.4, -0.2) is 22.4 Å². The second-order valence-electron chi connectivity index (χ2n) is 6.44. The van der Waals surface area contributed by atoms with E-state index in [-0.39, 0.29) is 12.5 Å². The topological polar surface area (TPSA) is 51.7 Å². The maximum Gasteiger partial charge on any atom is 0.261 e. The maximum atomic E-state index is 12.9. The van der Waals surface area contributed by atoms with Crippen molar-refractivity contribution in [2.75, 3.05) is 6.61 Å². The van der Waals surface area contributed by atoms with Crippen molar-refractivity contribution in [3.63, 3.8) is 0 Å². The summed E-state index contributed by atoms with van der Waals surface area (Å²) in [6.07, 6.45) is 1.68. The summed E-state index contributed by atoms with van der Waals surface area (Å²) in [7, 11) is 0. The molecule has 7 heteroatoms. The SMILES string of the molecule is O=C(COc1ccc(Oc2ccccn2)cc1)N(Cc1cccs1)Cc1cccs1. The van der Waals surface area contributed by atoms with Gasteiger partial charge in [0.15, 0.2) is 6.61 Å². The Kier molecular flexibility index (Phi) is 6.74. The van der Waals surface area contributed by atoms with Crippen molar-refractivity contribution in [3.8, 4) is 17.4 Å². The second-order valence-corrected chi connectivity index (χ2v) is 8.50. The summed E-state index contributed by atoms with van der Waals surface area (Å²) in [5.74, 6) is 1.75. The molecular formula is C23H20N2O3S2. The van der Waals surface area contributed by atoms with Gasteiger partial charge in [-0.2, -0.15) is 0 Å². The van der Waals surface area contributed by atoms with Gasteiger partial charge >= 0.3 is 0 Å². The molecule has 0 aliphatic heterocycles. The van der Waals surface area contributed by atoms with Crippen molar-refractivity contribution in [2.24, 2.45) is 0 Å². The van der Waals surface area contributed by atoms with Gasteiger partial charge in [-0.1, -0.05) is 18.2 Å². The molecule has 0 saturated carbocycles. The second kappa shape index (κ2) is 10.0. The number of aromatic nitrogens is 1. The molecule has 0 aliphatic carbocycles. The van der Waals surface area contributed by atoms with E-state index in [1.54, 1.807) is 59.2 Å². The number of carbonyl (C=O) groups is 1. The predicted molar refractivity (Wildman–Crippen MR) is 119 cm³/mol. The number of carbonyl (C=O) groups excluding carboxylic acids is 1. The van der Waals surface area contributed by atoms with E-state index in [4.69, 9.17) is 9.47 Å². The quantitative estimate of drug-likeness (QED) is 0.342. The fourth-order valence-corrected chi connectivity index (χ4v) is 4.22. The number of hydrogen-bond donors (Lipinski definition) is 0. The number of amides is 1. The molecule has 152 valence electrons. The van der Waals surface area contributed by atoms with Crippen molar-refractivity contribution in [3.05, 3.63) is 93.4 Å². The van der Waals surface area contributed by atoms with Crippen molar-refractivity contribution in [2.45, 2.75) is 13.1 Å². The highest BCUT2D eigenvalue weighted by atomic mass is 32.1. The molecule has 3 aromatic heterocycles. The third kappa shape index (κ3) is 5.68. The van der Waals surface area contributed by atoms with Gasteiger partial charge < -0.3 is 14.4 Å². The van der Waals surface area contributed by atoms with Gasteiger partial charge in [-0.15, -0.1) is 22.7 Å². The molecule has 0 unspecified atom stereocenters. The van der Waals surface area contributed by atoms with Crippen LogP contribution in [0.4, 0.5) is 0 Å². The Balaban J connectivity index is 1.35. The van der Waals surface area contributed by atoms with Crippen LogP contribution in [0.3, 0.4) is 0 Å². The molecule has 5 nitrogen and oxygen atoms in total. The Bertz CT molecular complexity index is 998. The Morgan fingerprint density at radius 2 is 1.50 bits per heavy atom. The molecule has 30 heavy (non-hydrogen) atoms. The number of hydrogen-bond acceptors (Lipinski definition) is 6. The number of benzene rings is 1. The van der Waals surface area contributed by atoms with Crippen LogP contribution in [-0.2, 0) is 17.9 Å². The van der Waals surface area contributed by atoms with Crippen molar-refractivity contribution in [1.29, 1.82) is 0 Å². The molecule has 0 spiro atoms. The number of thiophene rings is 2. The van der Waals surface area contributed by atoms with Gasteiger partial charge in [0, 0.05) is 22.0 Å². The summed E-state index contributed by atoms with van der Waals surface area (Å²) in [4.78, 5) is 21.1. The molecule has 1 aromatic carbocycles. The molecule has 0 atom stereocenters. The van der Waals surface area contributed by atoms with Crippen LogP contribution in [0.1, 0.15) is 9.75 Å². The normalized spacial score (nSPS) is 10.5. The highest BCUT2D eigenvalue weighted by Gasteiger charge is 2.16. The monoisotopic (exact) mass is 436 g/mol. The first-order valence-electron chi connectivity index (χ1n) is 9.40. The van der Waals surface area contributed by atoms with Crippen molar-refractivity contribution >= 4 is 28.6 Å². The Morgan fingerprint density at radius 1 is 0.833 bits per heavy atom. The first kappa shape index (κ1) is 20.1. The van der Waals surface area contributed by atoms with Crippen LogP contribution >= 0.6 is 22.7 Å². The molecule has 3 heterocycles. The van der Waals surface area contributed by atoms with E-state index < -0.39 is 0 Å². The van der Waals surface area contributed by atoms with Crippen molar-refractivity contribution < 1.29 is 14.3 Å². The van der Waals surface area contributed by atoms with E-state index in [9.17, 15) is 4.79 Å². The Labute approximate surface area is 183 Å². The molecular weight excluding hydrogens is 416 g/mol. The lowest BCUT2D eigenvalue weighted by Gasteiger charge is -2.21. The average molecular weight is 437 g/mol. The third-order valence-electron chi connectivity index (χ3n) is 4.25. The van der Waals surface area contributed by atoms with Crippen LogP contribution in [0.25, 0.3) is 0 Å². The van der Waals surface area contributed by atoms with E-state index in [0.717, 1.165) is 9.75 Å². The van der Waals surface area contributed by atoms with Gasteiger partial charge in [-0.05, 0) is 53.2 Å². The summed E-state index contributed by atoms with van der Waals surface area (Å²) in [5, 5.41) is 4.04. The van der Waals surface area contributed by atoms with Gasteiger partial charge in [0.05, 0.1) is 13.1 Å². The minimum Gasteiger partial charge on any atom is -0.484 e. The summed E-state index contributed by atoms with van der Waals surface area (Å²) < 4.78 is 11.4. The van der Waals surface area contributed by atoms with Gasteiger partial charge in [-0.25, -0.2) is 4.98 Å². The molecule has 0 aliphatic rings. The van der Waals surface area contributed by atoms with E-state index in [0.29, 0.717) is 30.5 Å². The smallest absolute Gasteiger partial charge is 0.261 e. The largest absolute Gasteiger partial charge is 0.484 e. The molecule has 0 N–H and O–H groups in total. The zero-order valence-electron chi connectivity index (χ0n) is 16.1. The third-order valence-corrected chi connectivity index (χ3v) is 5.97. The lowest BCUT2D eigenvalue weighted by Crippen LogP contribution is -2.33.